The molecule has 0 atom stereocenters. The summed E-state index contributed by atoms with van der Waals surface area (Å²) >= 11 is 0. The van der Waals surface area contributed by atoms with E-state index in [1.165, 1.54) is 4.90 Å². The molecule has 0 spiro atoms. The zero-order valence-electron chi connectivity index (χ0n) is 5.60. The lowest BCUT2D eigenvalue weighted by Gasteiger charge is -2.38. The van der Waals surface area contributed by atoms with Gasteiger partial charge in [-0.05, 0) is 6.92 Å². The fourth-order valence-corrected chi connectivity index (χ4v) is 0.874. The molecule has 1 amide bonds. The summed E-state index contributed by atoms with van der Waals surface area (Å²) in [5.41, 5.74) is 0. The number of hydrogen-bond acceptors (Lipinski definition) is 1. The summed E-state index contributed by atoms with van der Waals surface area (Å²) < 4.78 is 24.6. The Kier molecular flexibility index (Phi) is 1.62. The van der Waals surface area contributed by atoms with Crippen molar-refractivity contribution in [3.8, 4) is 0 Å². The Hall–Kier alpha value is -0.670. The highest BCUT2D eigenvalue weighted by Gasteiger charge is 2.42. The highest BCUT2D eigenvalue weighted by molar-refractivity contribution is 5.49. The van der Waals surface area contributed by atoms with Crippen LogP contribution in [0.15, 0.2) is 0 Å². The SMILES string of the molecule is CC(F)(F)C1CN([C]=O)C1. The van der Waals surface area contributed by atoms with Crippen molar-refractivity contribution in [1.29, 1.82) is 0 Å². The van der Waals surface area contributed by atoms with Gasteiger partial charge in [0.1, 0.15) is 0 Å². The average molecular weight is 148 g/mol. The molecule has 0 saturated carbocycles. The summed E-state index contributed by atoms with van der Waals surface area (Å²) in [7, 11) is 0. The molecule has 0 unspecified atom stereocenters. The molecule has 1 saturated heterocycles. The summed E-state index contributed by atoms with van der Waals surface area (Å²) in [6.07, 6.45) is 1.55. The number of halogens is 2. The quantitative estimate of drug-likeness (QED) is 0.562. The molecule has 1 radical (unpaired) electrons. The number of alkyl halides is 2. The molecule has 2 nitrogen and oxygen atoms in total. The molecule has 57 valence electrons. The molecule has 0 aliphatic carbocycles. The van der Waals surface area contributed by atoms with Crippen molar-refractivity contribution in [2.45, 2.75) is 12.8 Å². The summed E-state index contributed by atoms with van der Waals surface area (Å²) in [6.45, 7) is 1.17. The van der Waals surface area contributed by atoms with Gasteiger partial charge in [0.05, 0.1) is 5.92 Å². The van der Waals surface area contributed by atoms with Crippen LogP contribution >= 0.6 is 0 Å². The zero-order chi connectivity index (χ0) is 7.78. The molecular formula is C6H8F2NO. The number of carbonyl (C=O) groups excluding carboxylic acids is 1. The molecule has 0 N–H and O–H groups in total. The lowest BCUT2D eigenvalue weighted by atomic mass is 9.95. The first-order valence-electron chi connectivity index (χ1n) is 3.04. The third kappa shape index (κ3) is 1.25. The van der Waals surface area contributed by atoms with Gasteiger partial charge in [0, 0.05) is 13.1 Å². The van der Waals surface area contributed by atoms with Crippen LogP contribution in [0.2, 0.25) is 0 Å². The first kappa shape index (κ1) is 7.44. The number of rotatable bonds is 2. The minimum atomic E-state index is -2.65. The highest BCUT2D eigenvalue weighted by Crippen LogP contribution is 2.30. The van der Waals surface area contributed by atoms with Crippen LogP contribution < -0.4 is 0 Å². The van der Waals surface area contributed by atoms with Crippen LogP contribution in [0.1, 0.15) is 6.92 Å². The third-order valence-corrected chi connectivity index (χ3v) is 1.73. The Morgan fingerprint density at radius 3 is 2.40 bits per heavy atom. The van der Waals surface area contributed by atoms with Gasteiger partial charge in [-0.1, -0.05) is 0 Å². The van der Waals surface area contributed by atoms with Gasteiger partial charge >= 0.3 is 6.41 Å². The second-order valence-electron chi connectivity index (χ2n) is 2.65. The summed E-state index contributed by atoms with van der Waals surface area (Å²) in [5, 5.41) is 0. The van der Waals surface area contributed by atoms with E-state index in [0.717, 1.165) is 6.92 Å². The monoisotopic (exact) mass is 148 g/mol. The Bertz CT molecular complexity index is 137. The molecule has 4 heteroatoms. The van der Waals surface area contributed by atoms with Crippen LogP contribution in [0.25, 0.3) is 0 Å². The number of amides is 1. The standard InChI is InChI=1S/C6H8F2NO/c1-6(7,8)5-2-9(3-5)4-10/h5H,2-3H2,1H3. The third-order valence-electron chi connectivity index (χ3n) is 1.73. The number of nitrogens with zero attached hydrogens (tertiary/aromatic N) is 1. The van der Waals surface area contributed by atoms with Gasteiger partial charge < -0.3 is 4.90 Å². The van der Waals surface area contributed by atoms with Crippen molar-refractivity contribution >= 4 is 6.41 Å². The van der Waals surface area contributed by atoms with Crippen molar-refractivity contribution in [3.63, 3.8) is 0 Å². The molecule has 0 bridgehead atoms. The topological polar surface area (TPSA) is 20.3 Å². The van der Waals surface area contributed by atoms with Crippen molar-refractivity contribution in [1.82, 2.24) is 4.90 Å². The van der Waals surface area contributed by atoms with Crippen LogP contribution in [0.3, 0.4) is 0 Å². The predicted octanol–water partition coefficient (Wildman–Crippen LogP) is 0.641. The molecule has 1 fully saturated rings. The van der Waals surface area contributed by atoms with Crippen LogP contribution in [0.4, 0.5) is 8.78 Å². The summed E-state index contributed by atoms with van der Waals surface area (Å²) in [6, 6.07) is 0. The van der Waals surface area contributed by atoms with Gasteiger partial charge in [0.15, 0.2) is 0 Å². The maximum absolute atomic E-state index is 12.3. The summed E-state index contributed by atoms with van der Waals surface area (Å²) in [5.74, 6) is -3.30. The Morgan fingerprint density at radius 2 is 2.10 bits per heavy atom. The van der Waals surface area contributed by atoms with Crippen molar-refractivity contribution in [2.75, 3.05) is 13.1 Å². The van der Waals surface area contributed by atoms with E-state index in [-0.39, 0.29) is 13.1 Å². The molecular weight excluding hydrogens is 140 g/mol. The van der Waals surface area contributed by atoms with E-state index in [4.69, 9.17) is 0 Å². The van der Waals surface area contributed by atoms with Crippen LogP contribution in [-0.4, -0.2) is 30.3 Å². The van der Waals surface area contributed by atoms with E-state index in [1.54, 1.807) is 6.41 Å². The zero-order valence-corrected chi connectivity index (χ0v) is 5.60. The fourth-order valence-electron chi connectivity index (χ4n) is 0.874. The first-order valence-corrected chi connectivity index (χ1v) is 3.04. The van der Waals surface area contributed by atoms with Gasteiger partial charge in [-0.15, -0.1) is 0 Å². The van der Waals surface area contributed by atoms with Crippen molar-refractivity contribution < 1.29 is 13.6 Å². The molecule has 0 aromatic rings. The van der Waals surface area contributed by atoms with E-state index in [9.17, 15) is 13.6 Å². The average Bonchev–Trinajstić information content (AvgIpc) is 1.57. The van der Waals surface area contributed by atoms with Crippen LogP contribution in [0, 0.1) is 5.92 Å². The number of hydrogen-bond donors (Lipinski definition) is 0. The Labute approximate surface area is 57.8 Å². The van der Waals surface area contributed by atoms with Crippen LogP contribution in [-0.2, 0) is 4.79 Å². The van der Waals surface area contributed by atoms with Crippen LogP contribution in [0.5, 0.6) is 0 Å². The highest BCUT2D eigenvalue weighted by atomic mass is 19.3. The van der Waals surface area contributed by atoms with E-state index in [0.29, 0.717) is 0 Å². The first-order chi connectivity index (χ1) is 4.54. The van der Waals surface area contributed by atoms with Crippen molar-refractivity contribution in [2.24, 2.45) is 5.92 Å². The fraction of sp³-hybridized carbons (Fsp3) is 0.833. The molecule has 10 heavy (non-hydrogen) atoms. The van der Waals surface area contributed by atoms with Gasteiger partial charge in [-0.2, -0.15) is 0 Å². The second kappa shape index (κ2) is 2.18. The van der Waals surface area contributed by atoms with Gasteiger partial charge in [-0.25, -0.2) is 8.78 Å². The molecule has 1 heterocycles. The molecule has 1 aliphatic heterocycles. The van der Waals surface area contributed by atoms with E-state index in [1.807, 2.05) is 0 Å². The second-order valence-corrected chi connectivity index (χ2v) is 2.65. The van der Waals surface area contributed by atoms with Gasteiger partial charge in [-0.3, -0.25) is 4.79 Å². The summed E-state index contributed by atoms with van der Waals surface area (Å²) in [4.78, 5) is 11.0. The van der Waals surface area contributed by atoms with E-state index in [2.05, 4.69) is 0 Å². The Balaban J connectivity index is 2.32. The molecule has 1 aliphatic rings. The largest absolute Gasteiger partial charge is 0.333 e. The lowest BCUT2D eigenvalue weighted by molar-refractivity contribution is -0.0854. The predicted molar refractivity (Wildman–Crippen MR) is 31.4 cm³/mol. The molecule has 1 rings (SSSR count). The minimum absolute atomic E-state index is 0.146. The molecule has 0 aromatic heterocycles. The van der Waals surface area contributed by atoms with E-state index < -0.39 is 11.8 Å². The van der Waals surface area contributed by atoms with Gasteiger partial charge in [0.2, 0.25) is 0 Å². The Morgan fingerprint density at radius 1 is 1.60 bits per heavy atom. The number of likely N-dealkylation sites (tertiary alicyclic amines) is 1. The lowest BCUT2D eigenvalue weighted by Crippen LogP contribution is -2.52. The molecule has 0 aromatic carbocycles. The van der Waals surface area contributed by atoms with Crippen molar-refractivity contribution in [3.05, 3.63) is 0 Å². The van der Waals surface area contributed by atoms with E-state index >= 15 is 0 Å². The van der Waals surface area contributed by atoms with Gasteiger partial charge in [0.25, 0.3) is 5.92 Å². The maximum Gasteiger partial charge on any atom is 0.312 e. The minimum Gasteiger partial charge on any atom is -0.333 e. The smallest absolute Gasteiger partial charge is 0.312 e. The maximum atomic E-state index is 12.3. The normalized spacial score (nSPS) is 20.5.